The van der Waals surface area contributed by atoms with E-state index < -0.39 is 23.4 Å². The molecule has 1 N–H and O–H groups in total. The summed E-state index contributed by atoms with van der Waals surface area (Å²) >= 11 is 6.26. The lowest BCUT2D eigenvalue weighted by atomic mass is 9.64. The maximum atomic E-state index is 14.3. The van der Waals surface area contributed by atoms with Crippen LogP contribution in [0, 0.1) is 12.8 Å². The Hall–Kier alpha value is -3.70. The van der Waals surface area contributed by atoms with Gasteiger partial charge in [-0.1, -0.05) is 71.8 Å². The Morgan fingerprint density at radius 2 is 1.77 bits per heavy atom. The molecule has 4 atom stereocenters. The van der Waals surface area contributed by atoms with Gasteiger partial charge in [-0.15, -0.1) is 0 Å². The molecule has 5 nitrogen and oxygen atoms in total. The zero-order valence-electron chi connectivity index (χ0n) is 19.3. The van der Waals surface area contributed by atoms with Crippen molar-refractivity contribution in [3.8, 4) is 0 Å². The number of rotatable bonds is 3. The number of anilines is 2. The first-order chi connectivity index (χ1) is 16.8. The number of amides is 1. The van der Waals surface area contributed by atoms with Crippen molar-refractivity contribution in [2.45, 2.75) is 31.3 Å². The lowest BCUT2D eigenvalue weighted by Crippen LogP contribution is -2.51. The molecule has 3 aromatic rings. The van der Waals surface area contributed by atoms with Gasteiger partial charge in [0.25, 0.3) is 0 Å². The van der Waals surface area contributed by atoms with Crippen LogP contribution in [0.25, 0.3) is 6.08 Å². The third kappa shape index (κ3) is 2.91. The summed E-state index contributed by atoms with van der Waals surface area (Å²) in [6.45, 7) is 3.46. The van der Waals surface area contributed by atoms with Gasteiger partial charge in [0.1, 0.15) is 5.41 Å². The summed E-state index contributed by atoms with van der Waals surface area (Å²) in [7, 11) is 0. The van der Waals surface area contributed by atoms with E-state index >= 15 is 0 Å². The highest BCUT2D eigenvalue weighted by molar-refractivity contribution is 6.31. The van der Waals surface area contributed by atoms with Crippen molar-refractivity contribution in [3.63, 3.8) is 0 Å². The maximum absolute atomic E-state index is 14.3. The topological polar surface area (TPSA) is 66.5 Å². The summed E-state index contributed by atoms with van der Waals surface area (Å²) in [5.41, 5.74) is 3.32. The van der Waals surface area contributed by atoms with Gasteiger partial charge in [-0.05, 0) is 49.2 Å². The summed E-state index contributed by atoms with van der Waals surface area (Å²) in [5, 5.41) is 3.60. The Labute approximate surface area is 208 Å². The fraction of sp³-hybridized carbons (Fsp3) is 0.207. The van der Waals surface area contributed by atoms with E-state index in [0.29, 0.717) is 16.3 Å². The van der Waals surface area contributed by atoms with Crippen molar-refractivity contribution in [1.29, 1.82) is 0 Å². The van der Waals surface area contributed by atoms with E-state index in [1.807, 2.05) is 72.5 Å². The molecule has 1 saturated heterocycles. The minimum absolute atomic E-state index is 0.161. The zero-order valence-corrected chi connectivity index (χ0v) is 20.0. The first kappa shape index (κ1) is 21.8. The second-order valence-corrected chi connectivity index (χ2v) is 9.98. The average Bonchev–Trinajstić information content (AvgIpc) is 3.32. The smallest absolute Gasteiger partial charge is 0.238 e. The molecule has 0 aromatic heterocycles. The lowest BCUT2D eigenvalue weighted by molar-refractivity contribution is -0.122. The van der Waals surface area contributed by atoms with Crippen molar-refractivity contribution in [2.24, 2.45) is 5.92 Å². The predicted octanol–water partition coefficient (Wildman–Crippen LogP) is 5.21. The van der Waals surface area contributed by atoms with E-state index in [4.69, 9.17) is 11.6 Å². The van der Waals surface area contributed by atoms with E-state index in [1.165, 1.54) is 6.92 Å². The second kappa shape index (κ2) is 7.65. The van der Waals surface area contributed by atoms with E-state index in [0.717, 1.165) is 22.4 Å². The number of fused-ring (bicyclic) bond motifs is 6. The number of Topliss-reactive ketones (excluding diaryl/α,β-unsaturated/α-hetero) is 2. The summed E-state index contributed by atoms with van der Waals surface area (Å²) in [6, 6.07) is 18.9. The van der Waals surface area contributed by atoms with Gasteiger partial charge in [-0.2, -0.15) is 0 Å². The maximum Gasteiger partial charge on any atom is 0.238 e. The van der Waals surface area contributed by atoms with Crippen LogP contribution in [0.4, 0.5) is 11.4 Å². The molecule has 3 aliphatic heterocycles. The molecule has 6 rings (SSSR count). The molecule has 0 radical (unpaired) electrons. The molecule has 3 aromatic carbocycles. The van der Waals surface area contributed by atoms with Crippen LogP contribution in [0.5, 0.6) is 0 Å². The van der Waals surface area contributed by atoms with Gasteiger partial charge in [0.2, 0.25) is 5.91 Å². The summed E-state index contributed by atoms with van der Waals surface area (Å²) in [4.78, 5) is 43.6. The number of benzene rings is 3. The summed E-state index contributed by atoms with van der Waals surface area (Å²) < 4.78 is 0. The molecule has 0 saturated carbocycles. The third-order valence-electron chi connectivity index (χ3n) is 7.63. The van der Waals surface area contributed by atoms with Crippen LogP contribution in [0.2, 0.25) is 5.02 Å². The van der Waals surface area contributed by atoms with Crippen LogP contribution in [0.15, 0.2) is 72.8 Å². The van der Waals surface area contributed by atoms with Gasteiger partial charge in [0.15, 0.2) is 11.6 Å². The Balaban J connectivity index is 1.65. The van der Waals surface area contributed by atoms with E-state index in [1.54, 1.807) is 18.2 Å². The number of nitrogens with one attached hydrogen (secondary N) is 1. The van der Waals surface area contributed by atoms with Gasteiger partial charge < -0.3 is 10.2 Å². The molecule has 174 valence electrons. The van der Waals surface area contributed by atoms with Crippen molar-refractivity contribution >= 4 is 46.5 Å². The van der Waals surface area contributed by atoms with Gasteiger partial charge in [0.05, 0.1) is 18.0 Å². The highest BCUT2D eigenvalue weighted by Gasteiger charge is 2.69. The predicted molar refractivity (Wildman–Crippen MR) is 137 cm³/mol. The molecule has 0 aliphatic carbocycles. The minimum Gasteiger partial charge on any atom is -0.352 e. The fourth-order valence-corrected chi connectivity index (χ4v) is 6.38. The van der Waals surface area contributed by atoms with Gasteiger partial charge in [-0.25, -0.2) is 0 Å². The minimum atomic E-state index is -1.26. The molecule has 0 unspecified atom stereocenters. The third-order valence-corrected chi connectivity index (χ3v) is 7.86. The number of carbonyl (C=O) groups is 3. The summed E-state index contributed by atoms with van der Waals surface area (Å²) in [5.74, 6) is -1.55. The molecule has 3 heterocycles. The molecule has 35 heavy (non-hydrogen) atoms. The lowest BCUT2D eigenvalue weighted by Gasteiger charge is -2.37. The van der Waals surface area contributed by atoms with Crippen molar-refractivity contribution in [3.05, 3.63) is 100 Å². The van der Waals surface area contributed by atoms with E-state index in [9.17, 15) is 14.4 Å². The van der Waals surface area contributed by atoms with Crippen LogP contribution >= 0.6 is 11.6 Å². The zero-order chi connectivity index (χ0) is 24.5. The van der Waals surface area contributed by atoms with E-state index in [-0.39, 0.29) is 17.5 Å². The molecule has 1 spiro atoms. The SMILES string of the molecule is CC(=O)[C@@H]1[C@H](C(=O)c2ccc(C)cc2)[C@]2(C(=O)Nc3ccccc32)[C@@H]2C=Cc3cc(Cl)ccc3N12. The molecule has 3 aliphatic rings. The van der Waals surface area contributed by atoms with Crippen molar-refractivity contribution in [1.82, 2.24) is 0 Å². The number of aryl methyl sites for hydroxylation is 1. The number of ketones is 2. The number of carbonyl (C=O) groups excluding carboxylic acids is 3. The number of hydrogen-bond acceptors (Lipinski definition) is 4. The Morgan fingerprint density at radius 1 is 1.03 bits per heavy atom. The standard InChI is InChI=1S/C29H23ClN2O3/c1-16-7-9-18(10-8-16)27(34)25-26(17(2)33)32-23-13-12-20(30)15-19(23)11-14-24(32)29(25)21-5-3-4-6-22(21)31-28(29)35/h3-15,24-26H,1-2H3,(H,31,35)/t24-,25+,26+,29+/m0/s1. The van der Waals surface area contributed by atoms with Gasteiger partial charge in [-0.3, -0.25) is 14.4 Å². The van der Waals surface area contributed by atoms with Crippen LogP contribution in [0.1, 0.15) is 34.0 Å². The number of para-hydroxylation sites is 1. The Bertz CT molecular complexity index is 1440. The number of hydrogen-bond donors (Lipinski definition) is 1. The first-order valence-corrected chi connectivity index (χ1v) is 12.0. The molecular formula is C29H23ClN2O3. The monoisotopic (exact) mass is 482 g/mol. The molecule has 0 bridgehead atoms. The summed E-state index contributed by atoms with van der Waals surface area (Å²) in [6.07, 6.45) is 3.88. The average molecular weight is 483 g/mol. The Kier molecular flexibility index (Phi) is 4.77. The highest BCUT2D eigenvalue weighted by Crippen LogP contribution is 2.57. The van der Waals surface area contributed by atoms with Crippen LogP contribution in [-0.2, 0) is 15.0 Å². The van der Waals surface area contributed by atoms with Gasteiger partial charge >= 0.3 is 0 Å². The Morgan fingerprint density at radius 3 is 2.51 bits per heavy atom. The number of nitrogens with zero attached hydrogens (tertiary/aromatic N) is 1. The molecule has 1 fully saturated rings. The molecular weight excluding hydrogens is 460 g/mol. The van der Waals surface area contributed by atoms with Crippen LogP contribution < -0.4 is 10.2 Å². The second-order valence-electron chi connectivity index (χ2n) is 9.55. The normalized spacial score (nSPS) is 25.7. The first-order valence-electron chi connectivity index (χ1n) is 11.6. The quantitative estimate of drug-likeness (QED) is 0.520. The molecule has 6 heteroatoms. The van der Waals surface area contributed by atoms with Crippen molar-refractivity contribution in [2.75, 3.05) is 10.2 Å². The van der Waals surface area contributed by atoms with Gasteiger partial charge in [0, 0.05) is 22.0 Å². The largest absolute Gasteiger partial charge is 0.352 e. The molecule has 1 amide bonds. The number of halogens is 1. The van der Waals surface area contributed by atoms with E-state index in [2.05, 4.69) is 5.32 Å². The van der Waals surface area contributed by atoms with Crippen LogP contribution in [0.3, 0.4) is 0 Å². The fourth-order valence-electron chi connectivity index (χ4n) is 6.20. The highest BCUT2D eigenvalue weighted by atomic mass is 35.5. The van der Waals surface area contributed by atoms with Crippen LogP contribution in [-0.4, -0.2) is 29.6 Å². The van der Waals surface area contributed by atoms with Crippen molar-refractivity contribution < 1.29 is 14.4 Å².